The molecule has 2 aromatic heterocycles. The van der Waals surface area contributed by atoms with Crippen LogP contribution in [0.3, 0.4) is 0 Å². The zero-order valence-electron chi connectivity index (χ0n) is 14.5. The van der Waals surface area contributed by atoms with Crippen LogP contribution in [0.1, 0.15) is 17.9 Å². The number of hydrogen-bond acceptors (Lipinski definition) is 6. The Balaban J connectivity index is 1.67. The minimum Gasteiger partial charge on any atom is -0.486 e. The first-order valence-corrected chi connectivity index (χ1v) is 10.3. The van der Waals surface area contributed by atoms with Gasteiger partial charge in [0, 0.05) is 42.7 Å². The van der Waals surface area contributed by atoms with Gasteiger partial charge >= 0.3 is 0 Å². The highest BCUT2D eigenvalue weighted by Crippen LogP contribution is 2.35. The third-order valence-corrected chi connectivity index (χ3v) is 6.76. The predicted molar refractivity (Wildman–Crippen MR) is 103 cm³/mol. The molecule has 1 N–H and O–H groups in total. The second-order valence-electron chi connectivity index (χ2n) is 6.70. The zero-order chi connectivity index (χ0) is 18.4. The summed E-state index contributed by atoms with van der Waals surface area (Å²) in [5.41, 5.74) is 2.94. The predicted octanol–water partition coefficient (Wildman–Crippen LogP) is 2.44. The minimum atomic E-state index is -3.78. The first-order valence-electron chi connectivity index (χ1n) is 8.86. The van der Waals surface area contributed by atoms with Gasteiger partial charge in [-0.05, 0) is 37.2 Å². The Morgan fingerprint density at radius 1 is 1.26 bits per heavy atom. The average Bonchev–Trinajstić information content (AvgIpc) is 3.35. The van der Waals surface area contributed by atoms with Crippen molar-refractivity contribution >= 4 is 33.0 Å². The summed E-state index contributed by atoms with van der Waals surface area (Å²) in [6, 6.07) is 8.34. The molecule has 1 aromatic carbocycles. The highest BCUT2D eigenvalue weighted by atomic mass is 32.2. The van der Waals surface area contributed by atoms with Crippen molar-refractivity contribution in [1.82, 2.24) is 14.3 Å². The van der Waals surface area contributed by atoms with Gasteiger partial charge in [0.2, 0.25) is 0 Å². The van der Waals surface area contributed by atoms with Crippen LogP contribution in [0.15, 0.2) is 52.6 Å². The van der Waals surface area contributed by atoms with Crippen molar-refractivity contribution in [1.29, 1.82) is 0 Å². The standard InChI is InChI=1S/C19H18N4O3S/c24-27(25,14-3-4-16-18(10-14)26-9-8-21-16)23-12-15(13-5-7-20-11-13)19-17(23)2-1-6-22-19/h1-4,6,8,10,12-13,20H,5,7,9,11H2. The number of benzene rings is 1. The smallest absolute Gasteiger partial charge is 0.268 e. The van der Waals surface area contributed by atoms with Crippen molar-refractivity contribution in [2.75, 3.05) is 19.7 Å². The van der Waals surface area contributed by atoms with Crippen LogP contribution in [0.5, 0.6) is 5.75 Å². The van der Waals surface area contributed by atoms with E-state index in [1.165, 1.54) is 3.97 Å². The largest absolute Gasteiger partial charge is 0.486 e. The number of aliphatic imine (C=N–C) groups is 1. The molecule has 2 aliphatic rings. The second kappa shape index (κ2) is 6.17. The van der Waals surface area contributed by atoms with Gasteiger partial charge in [-0.3, -0.25) is 9.98 Å². The van der Waals surface area contributed by atoms with Gasteiger partial charge in [-0.25, -0.2) is 12.4 Å². The van der Waals surface area contributed by atoms with E-state index < -0.39 is 10.0 Å². The van der Waals surface area contributed by atoms with E-state index in [-0.39, 0.29) is 10.8 Å². The Morgan fingerprint density at radius 2 is 2.19 bits per heavy atom. The molecule has 138 valence electrons. The van der Waals surface area contributed by atoms with Crippen molar-refractivity contribution in [3.63, 3.8) is 0 Å². The Hall–Kier alpha value is -2.71. The number of ether oxygens (including phenoxy) is 1. The van der Waals surface area contributed by atoms with Crippen LogP contribution in [-0.4, -0.2) is 43.3 Å². The van der Waals surface area contributed by atoms with Crippen LogP contribution in [0.2, 0.25) is 0 Å². The molecular formula is C19H18N4O3S. The first kappa shape index (κ1) is 16.5. The number of aromatic nitrogens is 2. The number of fused-ring (bicyclic) bond motifs is 2. The van der Waals surface area contributed by atoms with E-state index in [2.05, 4.69) is 15.3 Å². The molecule has 0 amide bonds. The van der Waals surface area contributed by atoms with Crippen LogP contribution >= 0.6 is 0 Å². The van der Waals surface area contributed by atoms with Crippen LogP contribution in [0.25, 0.3) is 11.0 Å². The molecule has 5 rings (SSSR count). The SMILES string of the molecule is O=S(=O)(c1ccc2c(c1)OCC=N2)n1cc(C2CCNC2)c2ncccc21. The molecular weight excluding hydrogens is 364 g/mol. The molecule has 0 radical (unpaired) electrons. The zero-order valence-corrected chi connectivity index (χ0v) is 15.3. The van der Waals surface area contributed by atoms with Gasteiger partial charge in [0.1, 0.15) is 18.0 Å². The fourth-order valence-corrected chi connectivity index (χ4v) is 5.11. The van der Waals surface area contributed by atoms with E-state index in [9.17, 15) is 8.42 Å². The summed E-state index contributed by atoms with van der Waals surface area (Å²) in [5, 5.41) is 3.33. The second-order valence-corrected chi connectivity index (χ2v) is 8.51. The van der Waals surface area contributed by atoms with Gasteiger partial charge in [-0.1, -0.05) is 0 Å². The quantitative estimate of drug-likeness (QED) is 0.752. The molecule has 2 aliphatic heterocycles. The van der Waals surface area contributed by atoms with Gasteiger partial charge in [0.05, 0.1) is 15.9 Å². The maximum atomic E-state index is 13.4. The van der Waals surface area contributed by atoms with Crippen molar-refractivity contribution in [2.45, 2.75) is 17.2 Å². The van der Waals surface area contributed by atoms with Crippen molar-refractivity contribution in [3.05, 3.63) is 48.3 Å². The van der Waals surface area contributed by atoms with E-state index in [1.54, 1.807) is 48.9 Å². The lowest BCUT2D eigenvalue weighted by Crippen LogP contribution is -2.13. The molecule has 8 heteroatoms. The summed E-state index contributed by atoms with van der Waals surface area (Å²) in [7, 11) is -3.78. The summed E-state index contributed by atoms with van der Waals surface area (Å²) < 4.78 is 33.6. The summed E-state index contributed by atoms with van der Waals surface area (Å²) in [5.74, 6) is 0.744. The molecule has 1 fully saturated rings. The summed E-state index contributed by atoms with van der Waals surface area (Å²) in [6.45, 7) is 2.10. The van der Waals surface area contributed by atoms with Crippen molar-refractivity contribution in [3.8, 4) is 5.75 Å². The Kier molecular flexibility index (Phi) is 3.76. The molecule has 0 bridgehead atoms. The molecule has 1 atom stereocenters. The molecule has 0 spiro atoms. The lowest BCUT2D eigenvalue weighted by molar-refractivity contribution is 0.375. The van der Waals surface area contributed by atoms with Crippen LogP contribution in [-0.2, 0) is 10.0 Å². The van der Waals surface area contributed by atoms with Crippen molar-refractivity contribution in [2.24, 2.45) is 4.99 Å². The monoisotopic (exact) mass is 382 g/mol. The summed E-state index contributed by atoms with van der Waals surface area (Å²) in [4.78, 5) is 8.87. The Labute approximate surface area is 156 Å². The maximum Gasteiger partial charge on any atom is 0.268 e. The summed E-state index contributed by atoms with van der Waals surface area (Å²) >= 11 is 0. The number of nitrogens with one attached hydrogen (secondary N) is 1. The molecule has 0 aliphatic carbocycles. The highest BCUT2D eigenvalue weighted by molar-refractivity contribution is 7.90. The molecule has 7 nitrogen and oxygen atoms in total. The van der Waals surface area contributed by atoms with Gasteiger partial charge in [0.15, 0.2) is 0 Å². The molecule has 1 unspecified atom stereocenters. The fourth-order valence-electron chi connectivity index (χ4n) is 3.73. The normalized spacial score (nSPS) is 19.2. The fraction of sp³-hybridized carbons (Fsp3) is 0.263. The van der Waals surface area contributed by atoms with Gasteiger partial charge in [-0.2, -0.15) is 0 Å². The lowest BCUT2D eigenvalue weighted by atomic mass is 10.0. The maximum absolute atomic E-state index is 13.4. The molecule has 3 aromatic rings. The number of hydrogen-bond donors (Lipinski definition) is 1. The van der Waals surface area contributed by atoms with E-state index in [0.29, 0.717) is 23.6 Å². The number of rotatable bonds is 3. The van der Waals surface area contributed by atoms with Gasteiger partial charge < -0.3 is 10.1 Å². The summed E-state index contributed by atoms with van der Waals surface area (Å²) in [6.07, 6.45) is 6.06. The van der Waals surface area contributed by atoms with Gasteiger partial charge in [0.25, 0.3) is 10.0 Å². The van der Waals surface area contributed by atoms with Crippen molar-refractivity contribution < 1.29 is 13.2 Å². The van der Waals surface area contributed by atoms with Crippen LogP contribution < -0.4 is 10.1 Å². The molecule has 0 saturated carbocycles. The Morgan fingerprint density at radius 3 is 3.04 bits per heavy atom. The van der Waals surface area contributed by atoms with E-state index in [1.807, 2.05) is 0 Å². The Bertz CT molecular complexity index is 1160. The van der Waals surface area contributed by atoms with Crippen LogP contribution in [0.4, 0.5) is 5.69 Å². The minimum absolute atomic E-state index is 0.176. The third kappa shape index (κ3) is 2.64. The topological polar surface area (TPSA) is 85.6 Å². The molecule has 27 heavy (non-hydrogen) atoms. The number of nitrogens with zero attached hydrogens (tertiary/aromatic N) is 3. The van der Waals surface area contributed by atoms with Crippen LogP contribution in [0, 0.1) is 0 Å². The van der Waals surface area contributed by atoms with Gasteiger partial charge in [-0.15, -0.1) is 0 Å². The number of pyridine rings is 1. The van der Waals surface area contributed by atoms with E-state index in [0.717, 1.165) is 30.6 Å². The van der Waals surface area contributed by atoms with E-state index in [4.69, 9.17) is 4.74 Å². The third-order valence-electron chi connectivity index (χ3n) is 5.09. The lowest BCUT2D eigenvalue weighted by Gasteiger charge is -2.14. The molecule has 4 heterocycles. The first-order chi connectivity index (χ1) is 13.1. The van der Waals surface area contributed by atoms with E-state index >= 15 is 0 Å². The highest BCUT2D eigenvalue weighted by Gasteiger charge is 2.27. The molecule has 1 saturated heterocycles. The average molecular weight is 382 g/mol.